The first-order valence-corrected chi connectivity index (χ1v) is 7.43. The van der Waals surface area contributed by atoms with Gasteiger partial charge in [0.1, 0.15) is 0 Å². The molecule has 0 aliphatic carbocycles. The molecule has 0 bridgehead atoms. The van der Waals surface area contributed by atoms with E-state index in [0.717, 1.165) is 0 Å². The van der Waals surface area contributed by atoms with Crippen LogP contribution in [0.3, 0.4) is 0 Å². The maximum atomic E-state index is 12.2. The molecule has 6 nitrogen and oxygen atoms in total. The topological polar surface area (TPSA) is 85.6 Å². The number of esters is 1. The summed E-state index contributed by atoms with van der Waals surface area (Å²) < 4.78 is 10.1. The Morgan fingerprint density at radius 1 is 1.08 bits per heavy atom. The molecular weight excluding hydrogens is 310 g/mol. The van der Waals surface area contributed by atoms with E-state index < -0.39 is 17.3 Å². The Morgan fingerprint density at radius 3 is 2.42 bits per heavy atom. The molecule has 0 aliphatic heterocycles. The SMILES string of the molecule is CC(C)(C)C(=O)COC(=O)c1ccccc1NC(=O)c1ccco1. The monoisotopic (exact) mass is 329 g/mol. The van der Waals surface area contributed by atoms with Gasteiger partial charge in [0.25, 0.3) is 5.91 Å². The zero-order chi connectivity index (χ0) is 17.7. The lowest BCUT2D eigenvalue weighted by Crippen LogP contribution is -2.26. The number of ketones is 1. The molecule has 0 aliphatic rings. The van der Waals surface area contributed by atoms with E-state index >= 15 is 0 Å². The number of nitrogens with one attached hydrogen (secondary N) is 1. The van der Waals surface area contributed by atoms with Gasteiger partial charge in [0.15, 0.2) is 18.2 Å². The van der Waals surface area contributed by atoms with E-state index in [-0.39, 0.29) is 29.4 Å². The van der Waals surface area contributed by atoms with Gasteiger partial charge in [-0.3, -0.25) is 9.59 Å². The number of para-hydroxylation sites is 1. The molecule has 0 spiro atoms. The molecule has 0 unspecified atom stereocenters. The number of ether oxygens (including phenoxy) is 1. The van der Waals surface area contributed by atoms with E-state index in [1.807, 2.05) is 0 Å². The molecule has 6 heteroatoms. The Balaban J connectivity index is 2.09. The Hall–Kier alpha value is -2.89. The van der Waals surface area contributed by atoms with Crippen molar-refractivity contribution in [1.29, 1.82) is 0 Å². The second kappa shape index (κ2) is 7.12. The molecule has 2 aromatic rings. The van der Waals surface area contributed by atoms with Gasteiger partial charge >= 0.3 is 5.97 Å². The Morgan fingerprint density at radius 2 is 1.79 bits per heavy atom. The number of anilines is 1. The largest absolute Gasteiger partial charge is 0.459 e. The molecule has 0 saturated heterocycles. The van der Waals surface area contributed by atoms with Crippen LogP contribution in [0.25, 0.3) is 0 Å². The molecule has 126 valence electrons. The maximum absolute atomic E-state index is 12.2. The third kappa shape index (κ3) is 4.32. The number of hydrogen-bond donors (Lipinski definition) is 1. The van der Waals surface area contributed by atoms with Crippen LogP contribution in [-0.4, -0.2) is 24.3 Å². The summed E-state index contributed by atoms with van der Waals surface area (Å²) in [5.41, 5.74) is -0.140. The van der Waals surface area contributed by atoms with Crippen LogP contribution in [0, 0.1) is 5.41 Å². The first kappa shape index (κ1) is 17.5. The summed E-state index contributed by atoms with van der Waals surface area (Å²) in [6.07, 6.45) is 1.38. The fourth-order valence-electron chi connectivity index (χ4n) is 1.79. The van der Waals surface area contributed by atoms with Crippen LogP contribution in [0.15, 0.2) is 47.1 Å². The first-order valence-electron chi connectivity index (χ1n) is 7.43. The third-order valence-electron chi connectivity index (χ3n) is 3.31. The zero-order valence-corrected chi connectivity index (χ0v) is 13.8. The van der Waals surface area contributed by atoms with Crippen LogP contribution in [0.1, 0.15) is 41.7 Å². The van der Waals surface area contributed by atoms with E-state index in [2.05, 4.69) is 5.32 Å². The van der Waals surface area contributed by atoms with Gasteiger partial charge in [0, 0.05) is 5.41 Å². The number of benzene rings is 1. The minimum Gasteiger partial charge on any atom is -0.459 e. The smallest absolute Gasteiger partial charge is 0.340 e. The van der Waals surface area contributed by atoms with E-state index in [0.29, 0.717) is 0 Å². The van der Waals surface area contributed by atoms with Gasteiger partial charge in [-0.05, 0) is 24.3 Å². The molecule has 0 atom stereocenters. The molecule has 1 heterocycles. The fourth-order valence-corrected chi connectivity index (χ4v) is 1.79. The van der Waals surface area contributed by atoms with Gasteiger partial charge in [-0.2, -0.15) is 0 Å². The molecule has 0 fully saturated rings. The van der Waals surface area contributed by atoms with Crippen LogP contribution >= 0.6 is 0 Å². The lowest BCUT2D eigenvalue weighted by atomic mass is 9.91. The van der Waals surface area contributed by atoms with Crippen LogP contribution in [0.4, 0.5) is 5.69 Å². The summed E-state index contributed by atoms with van der Waals surface area (Å²) in [7, 11) is 0. The summed E-state index contributed by atoms with van der Waals surface area (Å²) >= 11 is 0. The molecule has 1 aromatic heterocycles. The van der Waals surface area contributed by atoms with Crippen molar-refractivity contribution in [3.63, 3.8) is 0 Å². The van der Waals surface area contributed by atoms with Crippen LogP contribution < -0.4 is 5.32 Å². The Bertz CT molecular complexity index is 741. The summed E-state index contributed by atoms with van der Waals surface area (Å²) in [4.78, 5) is 36.1. The molecule has 1 N–H and O–H groups in total. The Kier molecular flexibility index (Phi) is 5.18. The molecule has 1 aromatic carbocycles. The number of carbonyl (C=O) groups excluding carboxylic acids is 3. The van der Waals surface area contributed by atoms with E-state index in [9.17, 15) is 14.4 Å². The lowest BCUT2D eigenvalue weighted by Gasteiger charge is -2.16. The molecule has 0 radical (unpaired) electrons. The highest BCUT2D eigenvalue weighted by atomic mass is 16.5. The molecule has 0 saturated carbocycles. The average molecular weight is 329 g/mol. The Labute approximate surface area is 139 Å². The fraction of sp³-hybridized carbons (Fsp3) is 0.278. The quantitative estimate of drug-likeness (QED) is 0.851. The van der Waals surface area contributed by atoms with Crippen molar-refractivity contribution in [3.8, 4) is 0 Å². The van der Waals surface area contributed by atoms with E-state index in [1.165, 1.54) is 18.4 Å². The minimum atomic E-state index is -0.678. The standard InChI is InChI=1S/C18H19NO5/c1-18(2,3)15(20)11-24-17(22)12-7-4-5-8-13(12)19-16(21)14-9-6-10-23-14/h4-10H,11H2,1-3H3,(H,19,21). The molecule has 2 rings (SSSR count). The predicted octanol–water partition coefficient (Wildman–Crippen LogP) is 3.30. The van der Waals surface area contributed by atoms with Crippen molar-refractivity contribution in [2.45, 2.75) is 20.8 Å². The summed E-state index contributed by atoms with van der Waals surface area (Å²) in [6, 6.07) is 9.51. The van der Waals surface area contributed by atoms with Crippen molar-refractivity contribution in [1.82, 2.24) is 0 Å². The second-order valence-corrected chi connectivity index (χ2v) is 6.23. The first-order chi connectivity index (χ1) is 11.3. The van der Waals surface area contributed by atoms with Gasteiger partial charge in [0.2, 0.25) is 0 Å². The van der Waals surface area contributed by atoms with E-state index in [1.54, 1.807) is 45.0 Å². The van der Waals surface area contributed by atoms with E-state index in [4.69, 9.17) is 9.15 Å². The van der Waals surface area contributed by atoms with Crippen molar-refractivity contribution < 1.29 is 23.5 Å². The minimum absolute atomic E-state index is 0.126. The highest BCUT2D eigenvalue weighted by molar-refractivity contribution is 6.06. The predicted molar refractivity (Wildman–Crippen MR) is 87.8 cm³/mol. The number of hydrogen-bond acceptors (Lipinski definition) is 5. The van der Waals surface area contributed by atoms with Crippen LogP contribution in [0.2, 0.25) is 0 Å². The number of Topliss-reactive ketones (excluding diaryl/α,β-unsaturated/α-hetero) is 1. The normalized spacial score (nSPS) is 11.0. The van der Waals surface area contributed by atoms with Crippen molar-refractivity contribution in [2.24, 2.45) is 5.41 Å². The lowest BCUT2D eigenvalue weighted by molar-refractivity contribution is -0.129. The van der Waals surface area contributed by atoms with Gasteiger partial charge in [-0.1, -0.05) is 32.9 Å². The summed E-state index contributed by atoms with van der Waals surface area (Å²) in [6.45, 7) is 4.94. The van der Waals surface area contributed by atoms with Gasteiger partial charge in [0.05, 0.1) is 17.5 Å². The summed E-state index contributed by atoms with van der Waals surface area (Å²) in [5, 5.41) is 2.59. The van der Waals surface area contributed by atoms with Gasteiger partial charge < -0.3 is 14.5 Å². The highest BCUT2D eigenvalue weighted by Gasteiger charge is 2.23. The average Bonchev–Trinajstić information content (AvgIpc) is 3.06. The zero-order valence-electron chi connectivity index (χ0n) is 13.8. The number of rotatable bonds is 5. The van der Waals surface area contributed by atoms with Gasteiger partial charge in [-0.25, -0.2) is 4.79 Å². The van der Waals surface area contributed by atoms with Crippen molar-refractivity contribution >= 4 is 23.3 Å². The molecular formula is C18H19NO5. The van der Waals surface area contributed by atoms with Crippen LogP contribution in [-0.2, 0) is 9.53 Å². The number of carbonyl (C=O) groups is 3. The maximum Gasteiger partial charge on any atom is 0.340 e. The number of amides is 1. The summed E-state index contributed by atoms with van der Waals surface area (Å²) in [5.74, 6) is -1.22. The van der Waals surface area contributed by atoms with Crippen molar-refractivity contribution in [3.05, 3.63) is 54.0 Å². The highest BCUT2D eigenvalue weighted by Crippen LogP contribution is 2.19. The van der Waals surface area contributed by atoms with Gasteiger partial charge in [-0.15, -0.1) is 0 Å². The molecule has 1 amide bonds. The second-order valence-electron chi connectivity index (χ2n) is 6.23. The number of furan rings is 1. The third-order valence-corrected chi connectivity index (χ3v) is 3.31. The molecule has 24 heavy (non-hydrogen) atoms. The van der Waals surface area contributed by atoms with Crippen molar-refractivity contribution in [2.75, 3.05) is 11.9 Å². The van der Waals surface area contributed by atoms with Crippen LogP contribution in [0.5, 0.6) is 0 Å².